The van der Waals surface area contributed by atoms with Crippen molar-refractivity contribution in [3.05, 3.63) is 29.8 Å². The molecule has 1 atom stereocenters. The lowest BCUT2D eigenvalue weighted by Gasteiger charge is -2.23. The van der Waals surface area contributed by atoms with Gasteiger partial charge in [-0.3, -0.25) is 4.79 Å². The molecule has 2 amide bonds. The molecule has 0 fully saturated rings. The van der Waals surface area contributed by atoms with Gasteiger partial charge in [-0.1, -0.05) is 12.1 Å². The van der Waals surface area contributed by atoms with Crippen LogP contribution < -0.4 is 10.2 Å². The van der Waals surface area contributed by atoms with Crippen molar-refractivity contribution in [2.45, 2.75) is 38.8 Å². The van der Waals surface area contributed by atoms with Gasteiger partial charge in [0.05, 0.1) is 6.54 Å². The molecule has 1 rings (SSSR count). The summed E-state index contributed by atoms with van der Waals surface area (Å²) >= 11 is 0. The zero-order chi connectivity index (χ0) is 20.8. The maximum absolute atomic E-state index is 12.2. The van der Waals surface area contributed by atoms with Crippen molar-refractivity contribution >= 4 is 23.7 Å². The normalized spacial score (nSPS) is 12.4. The van der Waals surface area contributed by atoms with Crippen LogP contribution in [-0.4, -0.2) is 67.3 Å². The lowest BCUT2D eigenvalue weighted by atomic mass is 10.0. The monoisotopic (exact) mass is 379 g/mol. The lowest BCUT2D eigenvalue weighted by Crippen LogP contribution is -2.44. The predicted molar refractivity (Wildman–Crippen MR) is 103 cm³/mol. The van der Waals surface area contributed by atoms with Crippen LogP contribution in [0.15, 0.2) is 24.3 Å². The van der Waals surface area contributed by atoms with Crippen LogP contribution in [-0.2, 0) is 20.7 Å². The molecule has 8 nitrogen and oxygen atoms in total. The van der Waals surface area contributed by atoms with E-state index in [9.17, 15) is 19.5 Å². The van der Waals surface area contributed by atoms with Crippen LogP contribution in [0.1, 0.15) is 26.3 Å². The molecule has 0 aliphatic carbocycles. The van der Waals surface area contributed by atoms with Gasteiger partial charge in [0.25, 0.3) is 0 Å². The lowest BCUT2D eigenvalue weighted by molar-refractivity contribution is -0.139. The summed E-state index contributed by atoms with van der Waals surface area (Å²) in [5.41, 5.74) is 0.615. The third-order valence-electron chi connectivity index (χ3n) is 3.55. The number of ether oxygens (including phenoxy) is 1. The van der Waals surface area contributed by atoms with Crippen LogP contribution >= 0.6 is 0 Å². The molecule has 0 saturated heterocycles. The number of benzene rings is 1. The van der Waals surface area contributed by atoms with Crippen LogP contribution in [0.4, 0.5) is 10.5 Å². The van der Waals surface area contributed by atoms with Crippen molar-refractivity contribution < 1.29 is 24.2 Å². The summed E-state index contributed by atoms with van der Waals surface area (Å²) in [6, 6.07) is 5.86. The number of carboxylic acid groups (broad SMARTS) is 1. The van der Waals surface area contributed by atoms with E-state index in [4.69, 9.17) is 4.74 Å². The van der Waals surface area contributed by atoms with Crippen molar-refractivity contribution in [1.82, 2.24) is 10.2 Å². The molecular formula is C19H29N3O5. The highest BCUT2D eigenvalue weighted by Gasteiger charge is 2.24. The third kappa shape index (κ3) is 8.08. The number of nitrogens with zero attached hydrogens (tertiary/aromatic N) is 2. The Balaban J connectivity index is 2.87. The number of rotatable bonds is 7. The number of carbonyl (C=O) groups is 3. The molecule has 2 N–H and O–H groups in total. The van der Waals surface area contributed by atoms with E-state index in [0.717, 1.165) is 0 Å². The van der Waals surface area contributed by atoms with Crippen LogP contribution in [0.25, 0.3) is 0 Å². The molecule has 1 aromatic rings. The van der Waals surface area contributed by atoms with E-state index in [1.54, 1.807) is 57.0 Å². The number of aliphatic carboxylic acids is 1. The van der Waals surface area contributed by atoms with E-state index in [-0.39, 0.29) is 18.9 Å². The fourth-order valence-electron chi connectivity index (χ4n) is 2.30. The fraction of sp³-hybridized carbons (Fsp3) is 0.526. The summed E-state index contributed by atoms with van der Waals surface area (Å²) in [5, 5.41) is 11.8. The molecule has 0 aromatic heterocycles. The molecule has 0 heterocycles. The number of hydrogen-bond acceptors (Lipinski definition) is 5. The number of carboxylic acids is 1. The number of hydrogen-bond donors (Lipinski definition) is 2. The molecule has 0 aliphatic heterocycles. The van der Waals surface area contributed by atoms with Gasteiger partial charge < -0.3 is 25.0 Å². The summed E-state index contributed by atoms with van der Waals surface area (Å²) in [6.45, 7) is 5.36. The van der Waals surface area contributed by atoms with Crippen molar-refractivity contribution in [3.8, 4) is 0 Å². The molecule has 0 radical (unpaired) electrons. The zero-order valence-corrected chi connectivity index (χ0v) is 16.8. The molecule has 1 unspecified atom stereocenters. The Morgan fingerprint density at radius 1 is 1.19 bits per heavy atom. The van der Waals surface area contributed by atoms with Gasteiger partial charge in [-0.15, -0.1) is 0 Å². The van der Waals surface area contributed by atoms with Gasteiger partial charge in [-0.25, -0.2) is 9.59 Å². The molecule has 0 aliphatic rings. The standard InChI is InChI=1S/C19H29N3O5/c1-19(2,3)27-18(26)20-15(17(24)25)11-13-8-7-9-14(10-13)22(6)16(23)12-21(4)5/h7-10,15H,11-12H2,1-6H3,(H,20,26)(H,24,25). The van der Waals surface area contributed by atoms with Crippen molar-refractivity contribution in [3.63, 3.8) is 0 Å². The molecule has 0 bridgehead atoms. The number of likely N-dealkylation sites (N-methyl/N-ethyl adjacent to an activating group) is 2. The highest BCUT2D eigenvalue weighted by molar-refractivity contribution is 5.94. The Bertz CT molecular complexity index is 682. The number of nitrogens with one attached hydrogen (secondary N) is 1. The van der Waals surface area contributed by atoms with Crippen LogP contribution in [0.2, 0.25) is 0 Å². The minimum absolute atomic E-state index is 0.0676. The maximum atomic E-state index is 12.2. The Labute approximate surface area is 160 Å². The second kappa shape index (κ2) is 9.36. The van der Waals surface area contributed by atoms with E-state index in [1.807, 2.05) is 14.1 Å². The Kier molecular flexibility index (Phi) is 7.78. The van der Waals surface area contributed by atoms with Crippen LogP contribution in [0.5, 0.6) is 0 Å². The summed E-state index contributed by atoms with van der Waals surface area (Å²) in [4.78, 5) is 38.9. The predicted octanol–water partition coefficient (Wildman–Crippen LogP) is 1.73. The Hall–Kier alpha value is -2.61. The molecule has 8 heteroatoms. The SMILES string of the molecule is CN(C)CC(=O)N(C)c1cccc(CC(NC(=O)OC(C)(C)C)C(=O)O)c1. The third-order valence-corrected chi connectivity index (χ3v) is 3.55. The first-order valence-electron chi connectivity index (χ1n) is 8.61. The Morgan fingerprint density at radius 2 is 1.81 bits per heavy atom. The highest BCUT2D eigenvalue weighted by atomic mass is 16.6. The van der Waals surface area contributed by atoms with Crippen LogP contribution in [0, 0.1) is 0 Å². The smallest absolute Gasteiger partial charge is 0.408 e. The van der Waals surface area contributed by atoms with Gasteiger partial charge in [0, 0.05) is 19.2 Å². The van der Waals surface area contributed by atoms with E-state index < -0.39 is 23.7 Å². The zero-order valence-electron chi connectivity index (χ0n) is 16.8. The summed E-state index contributed by atoms with van der Waals surface area (Å²) in [7, 11) is 5.28. The molecule has 150 valence electrons. The molecule has 0 spiro atoms. The first kappa shape index (κ1) is 22.4. The van der Waals surface area contributed by atoms with E-state index in [2.05, 4.69) is 5.32 Å². The first-order chi connectivity index (χ1) is 12.4. The van der Waals surface area contributed by atoms with Crippen LogP contribution in [0.3, 0.4) is 0 Å². The van der Waals surface area contributed by atoms with E-state index in [0.29, 0.717) is 11.3 Å². The van der Waals surface area contributed by atoms with E-state index in [1.165, 1.54) is 4.90 Å². The quantitative estimate of drug-likeness (QED) is 0.749. The van der Waals surface area contributed by atoms with Gasteiger partial charge in [-0.05, 0) is 52.6 Å². The van der Waals surface area contributed by atoms with Gasteiger partial charge >= 0.3 is 12.1 Å². The summed E-state index contributed by atoms with van der Waals surface area (Å²) in [5.74, 6) is -1.25. The molecular weight excluding hydrogens is 350 g/mol. The maximum Gasteiger partial charge on any atom is 0.408 e. The van der Waals surface area contributed by atoms with Gasteiger partial charge in [-0.2, -0.15) is 0 Å². The average molecular weight is 379 g/mol. The van der Waals surface area contributed by atoms with Crippen molar-refractivity contribution in [1.29, 1.82) is 0 Å². The number of alkyl carbamates (subject to hydrolysis) is 1. The number of amides is 2. The molecule has 27 heavy (non-hydrogen) atoms. The molecule has 1 aromatic carbocycles. The molecule has 0 saturated carbocycles. The summed E-state index contributed by atoms with van der Waals surface area (Å²) < 4.78 is 5.12. The largest absolute Gasteiger partial charge is 0.480 e. The topological polar surface area (TPSA) is 99.2 Å². The average Bonchev–Trinajstić information content (AvgIpc) is 2.51. The Morgan fingerprint density at radius 3 is 2.33 bits per heavy atom. The minimum Gasteiger partial charge on any atom is -0.480 e. The highest BCUT2D eigenvalue weighted by Crippen LogP contribution is 2.17. The van der Waals surface area contributed by atoms with Gasteiger partial charge in [0.2, 0.25) is 5.91 Å². The van der Waals surface area contributed by atoms with Crippen molar-refractivity contribution in [2.24, 2.45) is 0 Å². The number of carbonyl (C=O) groups excluding carboxylic acids is 2. The van der Waals surface area contributed by atoms with Gasteiger partial charge in [0.1, 0.15) is 11.6 Å². The first-order valence-corrected chi connectivity index (χ1v) is 8.61. The summed E-state index contributed by atoms with van der Waals surface area (Å²) in [6.07, 6.45) is -0.720. The van der Waals surface area contributed by atoms with E-state index >= 15 is 0 Å². The second-order valence-electron chi connectivity index (χ2n) is 7.60. The fourth-order valence-corrected chi connectivity index (χ4v) is 2.30. The number of anilines is 1. The second-order valence-corrected chi connectivity index (χ2v) is 7.60. The van der Waals surface area contributed by atoms with Crippen molar-refractivity contribution in [2.75, 3.05) is 32.6 Å². The van der Waals surface area contributed by atoms with Gasteiger partial charge in [0.15, 0.2) is 0 Å². The minimum atomic E-state index is -1.16.